The number of nitrogens with one attached hydrogen (secondary N) is 1. The van der Waals surface area contributed by atoms with Crippen molar-refractivity contribution in [3.05, 3.63) is 53.7 Å². The lowest BCUT2D eigenvalue weighted by Gasteiger charge is -2.26. The first-order valence-electron chi connectivity index (χ1n) is 8.72. The Morgan fingerprint density at radius 3 is 2.84 bits per heavy atom. The third-order valence-electron chi connectivity index (χ3n) is 4.43. The van der Waals surface area contributed by atoms with Gasteiger partial charge in [0, 0.05) is 37.8 Å². The van der Waals surface area contributed by atoms with E-state index in [9.17, 15) is 9.59 Å². The number of piperidine rings is 1. The number of carbonyl (C=O) groups excluding carboxylic acids is 2. The molecule has 1 saturated heterocycles. The molecule has 1 N–H and O–H groups in total. The summed E-state index contributed by atoms with van der Waals surface area (Å²) in [7, 11) is 0. The van der Waals surface area contributed by atoms with Crippen molar-refractivity contribution in [3.8, 4) is 11.3 Å². The van der Waals surface area contributed by atoms with Gasteiger partial charge >= 0.3 is 0 Å². The number of likely N-dealkylation sites (tertiary alicyclic amines) is 1. The molecule has 0 saturated carbocycles. The lowest BCUT2D eigenvalue weighted by Crippen LogP contribution is -2.41. The molecule has 25 heavy (non-hydrogen) atoms. The number of benzene rings is 1. The first-order valence-corrected chi connectivity index (χ1v) is 8.72. The number of rotatable bonds is 5. The lowest BCUT2D eigenvalue weighted by atomic mass is 10.1. The van der Waals surface area contributed by atoms with Gasteiger partial charge in [0.25, 0.3) is 5.91 Å². The zero-order valence-corrected chi connectivity index (χ0v) is 14.5. The van der Waals surface area contributed by atoms with Crippen LogP contribution in [0.5, 0.6) is 0 Å². The smallest absolute Gasteiger partial charge is 0.252 e. The monoisotopic (exact) mass is 337 g/mol. The summed E-state index contributed by atoms with van der Waals surface area (Å²) in [5.41, 5.74) is 3.59. The van der Waals surface area contributed by atoms with E-state index in [-0.39, 0.29) is 11.8 Å². The maximum Gasteiger partial charge on any atom is 0.252 e. The molecule has 130 valence electrons. The molecular formula is C20H23N3O2. The first-order chi connectivity index (χ1) is 12.1. The lowest BCUT2D eigenvalue weighted by molar-refractivity contribution is -0.133. The van der Waals surface area contributed by atoms with E-state index in [4.69, 9.17) is 0 Å². The maximum absolute atomic E-state index is 12.2. The number of aryl methyl sites for hydroxylation is 1. The van der Waals surface area contributed by atoms with Gasteiger partial charge in [0.15, 0.2) is 0 Å². The number of aromatic nitrogens is 1. The average molecular weight is 337 g/mol. The van der Waals surface area contributed by atoms with Crippen LogP contribution in [0.4, 0.5) is 0 Å². The van der Waals surface area contributed by atoms with Crippen molar-refractivity contribution < 1.29 is 9.59 Å². The highest BCUT2D eigenvalue weighted by Gasteiger charge is 2.17. The fourth-order valence-electron chi connectivity index (χ4n) is 3.01. The Balaban J connectivity index is 1.55. The van der Waals surface area contributed by atoms with Crippen molar-refractivity contribution in [2.24, 2.45) is 0 Å². The summed E-state index contributed by atoms with van der Waals surface area (Å²) in [5.74, 6) is 0.0254. The molecule has 1 aliphatic heterocycles. The standard InChI is InChI=1S/C20H23N3O2/c1-15-5-4-6-16(13-15)18-9-8-17(14-22-18)20(25)21-10-12-23-11-3-2-7-19(23)24/h4-6,8-9,13-14H,2-3,7,10-12H2,1H3,(H,21,25). The van der Waals surface area contributed by atoms with E-state index < -0.39 is 0 Å². The second-order valence-electron chi connectivity index (χ2n) is 6.40. The van der Waals surface area contributed by atoms with Gasteiger partial charge in [-0.3, -0.25) is 14.6 Å². The van der Waals surface area contributed by atoms with Crippen molar-refractivity contribution in [2.45, 2.75) is 26.2 Å². The molecule has 2 amide bonds. The molecule has 5 nitrogen and oxygen atoms in total. The van der Waals surface area contributed by atoms with Crippen molar-refractivity contribution in [1.29, 1.82) is 0 Å². The molecule has 2 heterocycles. The molecule has 2 aromatic rings. The van der Waals surface area contributed by atoms with Crippen LogP contribution in [0.2, 0.25) is 0 Å². The van der Waals surface area contributed by atoms with E-state index in [1.165, 1.54) is 5.56 Å². The summed E-state index contributed by atoms with van der Waals surface area (Å²) >= 11 is 0. The van der Waals surface area contributed by atoms with Gasteiger partial charge in [0.1, 0.15) is 0 Å². The van der Waals surface area contributed by atoms with Crippen molar-refractivity contribution in [1.82, 2.24) is 15.2 Å². The number of nitrogens with zero attached hydrogens (tertiary/aromatic N) is 2. The number of amides is 2. The van der Waals surface area contributed by atoms with Gasteiger partial charge in [0.05, 0.1) is 11.3 Å². The average Bonchev–Trinajstić information content (AvgIpc) is 2.63. The maximum atomic E-state index is 12.2. The molecule has 1 aromatic carbocycles. The summed E-state index contributed by atoms with van der Waals surface area (Å²) in [4.78, 5) is 30.2. The quantitative estimate of drug-likeness (QED) is 0.912. The highest BCUT2D eigenvalue weighted by atomic mass is 16.2. The Morgan fingerprint density at radius 1 is 1.24 bits per heavy atom. The van der Waals surface area contributed by atoms with Crippen molar-refractivity contribution >= 4 is 11.8 Å². The Morgan fingerprint density at radius 2 is 2.12 bits per heavy atom. The Labute approximate surface area is 148 Å². The Kier molecular flexibility index (Phi) is 5.43. The molecule has 1 fully saturated rings. The Bertz CT molecular complexity index is 756. The van der Waals surface area contributed by atoms with Gasteiger partial charge in [-0.1, -0.05) is 23.8 Å². The topological polar surface area (TPSA) is 62.3 Å². The van der Waals surface area contributed by atoms with Crippen LogP contribution >= 0.6 is 0 Å². The highest BCUT2D eigenvalue weighted by Crippen LogP contribution is 2.18. The van der Waals surface area contributed by atoms with E-state index in [1.54, 1.807) is 12.3 Å². The molecule has 3 rings (SSSR count). The summed E-state index contributed by atoms with van der Waals surface area (Å²) < 4.78 is 0. The summed E-state index contributed by atoms with van der Waals surface area (Å²) in [6.45, 7) is 3.86. The summed E-state index contributed by atoms with van der Waals surface area (Å²) in [6.07, 6.45) is 4.24. The van der Waals surface area contributed by atoms with Crippen LogP contribution in [0, 0.1) is 6.92 Å². The summed E-state index contributed by atoms with van der Waals surface area (Å²) in [6, 6.07) is 11.7. The van der Waals surface area contributed by atoms with Gasteiger partial charge in [0.2, 0.25) is 5.91 Å². The predicted octanol–water partition coefficient (Wildman–Crippen LogP) is 2.80. The minimum absolute atomic E-state index is 0.159. The van der Waals surface area contributed by atoms with Crippen molar-refractivity contribution in [3.63, 3.8) is 0 Å². The molecule has 0 radical (unpaired) electrons. The van der Waals surface area contributed by atoms with Crippen LogP contribution in [-0.4, -0.2) is 41.3 Å². The second kappa shape index (κ2) is 7.92. The molecule has 0 atom stereocenters. The highest BCUT2D eigenvalue weighted by molar-refractivity contribution is 5.94. The molecule has 1 aromatic heterocycles. The summed E-state index contributed by atoms with van der Waals surface area (Å²) in [5, 5.41) is 2.86. The van der Waals surface area contributed by atoms with Gasteiger partial charge < -0.3 is 10.2 Å². The third-order valence-corrected chi connectivity index (χ3v) is 4.43. The normalized spacial score (nSPS) is 14.4. The van der Waals surface area contributed by atoms with E-state index in [2.05, 4.69) is 16.4 Å². The minimum Gasteiger partial charge on any atom is -0.350 e. The zero-order chi connectivity index (χ0) is 17.6. The van der Waals surface area contributed by atoms with Crippen LogP contribution < -0.4 is 5.32 Å². The first kappa shape index (κ1) is 17.1. The van der Waals surface area contributed by atoms with Crippen LogP contribution in [0.15, 0.2) is 42.6 Å². The minimum atomic E-state index is -0.159. The van der Waals surface area contributed by atoms with Crippen LogP contribution in [0.25, 0.3) is 11.3 Å². The van der Waals surface area contributed by atoms with E-state index >= 15 is 0 Å². The number of hydrogen-bond donors (Lipinski definition) is 1. The second-order valence-corrected chi connectivity index (χ2v) is 6.40. The fraction of sp³-hybridized carbons (Fsp3) is 0.350. The Hall–Kier alpha value is -2.69. The predicted molar refractivity (Wildman–Crippen MR) is 97.2 cm³/mol. The number of pyridine rings is 1. The third kappa shape index (κ3) is 4.44. The molecule has 5 heteroatoms. The number of hydrogen-bond acceptors (Lipinski definition) is 3. The SMILES string of the molecule is Cc1cccc(-c2ccc(C(=O)NCCN3CCCCC3=O)cn2)c1. The molecule has 1 aliphatic rings. The van der Waals surface area contributed by atoms with E-state index in [1.807, 2.05) is 36.1 Å². The van der Waals surface area contributed by atoms with Gasteiger partial charge in [-0.2, -0.15) is 0 Å². The van der Waals surface area contributed by atoms with Crippen LogP contribution in [0.1, 0.15) is 35.2 Å². The molecule has 0 spiro atoms. The molecular weight excluding hydrogens is 314 g/mol. The molecule has 0 aliphatic carbocycles. The zero-order valence-electron chi connectivity index (χ0n) is 14.5. The van der Waals surface area contributed by atoms with E-state index in [0.29, 0.717) is 25.1 Å². The van der Waals surface area contributed by atoms with Gasteiger partial charge in [-0.25, -0.2) is 0 Å². The van der Waals surface area contributed by atoms with E-state index in [0.717, 1.165) is 30.6 Å². The molecule has 0 bridgehead atoms. The van der Waals surface area contributed by atoms with Gasteiger partial charge in [-0.05, 0) is 38.0 Å². The molecule has 0 unspecified atom stereocenters. The fourth-order valence-corrected chi connectivity index (χ4v) is 3.01. The van der Waals surface area contributed by atoms with Crippen molar-refractivity contribution in [2.75, 3.05) is 19.6 Å². The largest absolute Gasteiger partial charge is 0.350 e. The van der Waals surface area contributed by atoms with Gasteiger partial charge in [-0.15, -0.1) is 0 Å². The van der Waals surface area contributed by atoms with Crippen LogP contribution in [0.3, 0.4) is 0 Å². The number of carbonyl (C=O) groups is 2. The van der Waals surface area contributed by atoms with Crippen LogP contribution in [-0.2, 0) is 4.79 Å².